The molecule has 7 rings (SSSR count). The number of benzene rings is 1. The van der Waals surface area contributed by atoms with Crippen molar-refractivity contribution in [3.63, 3.8) is 0 Å². The molecule has 5 N–H and O–H groups in total. The molecule has 240 valence electrons. The lowest BCUT2D eigenvalue weighted by atomic mass is 9.86. The van der Waals surface area contributed by atoms with Crippen molar-refractivity contribution in [2.24, 2.45) is 0 Å². The first-order valence-corrected chi connectivity index (χ1v) is 17.6. The summed E-state index contributed by atoms with van der Waals surface area (Å²) in [6, 6.07) is 8.70. The van der Waals surface area contributed by atoms with Crippen molar-refractivity contribution in [1.82, 2.24) is 9.97 Å². The molecule has 0 spiro atoms. The molecular weight excluding hydrogens is 629 g/mol. The second kappa shape index (κ2) is 11.4. The highest BCUT2D eigenvalue weighted by atomic mass is 33.1. The molecule has 13 heteroatoms. The Morgan fingerprint density at radius 3 is 2.72 bits per heavy atom. The zero-order chi connectivity index (χ0) is 32.4. The summed E-state index contributed by atoms with van der Waals surface area (Å²) in [6.45, 7) is 5.31. The maximum atomic E-state index is 13.7. The van der Waals surface area contributed by atoms with Crippen LogP contribution < -0.4 is 21.6 Å². The normalized spacial score (nSPS) is 26.3. The minimum absolute atomic E-state index is 0.0709. The van der Waals surface area contributed by atoms with Crippen LogP contribution in [0.3, 0.4) is 0 Å². The van der Waals surface area contributed by atoms with E-state index >= 15 is 0 Å². The molecule has 3 aliphatic rings. The van der Waals surface area contributed by atoms with Gasteiger partial charge in [-0.2, -0.15) is 0 Å². The number of ether oxygens (including phenoxy) is 3. The highest BCUT2D eigenvalue weighted by Crippen LogP contribution is 2.47. The van der Waals surface area contributed by atoms with Crippen LogP contribution in [0.15, 0.2) is 45.7 Å². The van der Waals surface area contributed by atoms with Crippen LogP contribution in [0.25, 0.3) is 22.2 Å². The molecule has 3 aliphatic heterocycles. The number of carbonyl (C=O) groups excluding carboxylic acids is 1. The van der Waals surface area contributed by atoms with Crippen LogP contribution in [0.5, 0.6) is 11.5 Å². The third-order valence-corrected chi connectivity index (χ3v) is 11.4. The van der Waals surface area contributed by atoms with Crippen molar-refractivity contribution in [2.75, 3.05) is 17.2 Å². The van der Waals surface area contributed by atoms with Crippen LogP contribution in [-0.4, -0.2) is 50.2 Å². The average molecular weight is 663 g/mol. The second-order valence-corrected chi connectivity index (χ2v) is 15.0. The first-order chi connectivity index (χ1) is 21.9. The van der Waals surface area contributed by atoms with E-state index in [0.717, 1.165) is 22.4 Å². The number of pyridine rings is 2. The summed E-state index contributed by atoms with van der Waals surface area (Å²) in [6.07, 6.45) is 2.38. The van der Waals surface area contributed by atoms with Crippen molar-refractivity contribution >= 4 is 50.2 Å². The maximum Gasteiger partial charge on any atom is 0.341 e. The summed E-state index contributed by atoms with van der Waals surface area (Å²) in [5.74, 6) is 2.15. The number of epoxide rings is 1. The lowest BCUT2D eigenvalue weighted by Crippen LogP contribution is -2.52. The molecule has 4 aromatic rings. The number of rotatable bonds is 0. The smallest absolute Gasteiger partial charge is 0.341 e. The number of phenolic OH excluding ortho intramolecular Hbond substituents is 1. The summed E-state index contributed by atoms with van der Waals surface area (Å²) in [5, 5.41) is 11.3. The minimum atomic E-state index is -1.13. The lowest BCUT2D eigenvalue weighted by Gasteiger charge is -2.42. The Hall–Kier alpha value is -3.94. The Morgan fingerprint density at radius 2 is 1.89 bits per heavy atom. The number of aromatic hydroxyl groups is 1. The number of phenols is 1. The summed E-state index contributed by atoms with van der Waals surface area (Å²) in [5.41, 5.74) is 14.2. The number of anilines is 2. The van der Waals surface area contributed by atoms with Crippen molar-refractivity contribution < 1.29 is 28.5 Å². The molecule has 6 heterocycles. The van der Waals surface area contributed by atoms with Crippen LogP contribution in [0, 0.1) is 6.92 Å². The number of aryl methyl sites for hydroxylation is 2. The Bertz CT molecular complexity index is 1950. The Labute approximate surface area is 272 Å². The molecule has 0 unspecified atom stereocenters. The van der Waals surface area contributed by atoms with Crippen molar-refractivity contribution in [3.8, 4) is 22.8 Å². The largest absolute Gasteiger partial charge is 0.507 e. The van der Waals surface area contributed by atoms with Gasteiger partial charge in [-0.05, 0) is 57.4 Å². The van der Waals surface area contributed by atoms with E-state index in [2.05, 4.69) is 9.97 Å². The topological polar surface area (TPSA) is 176 Å². The molecule has 3 aromatic heterocycles. The fraction of sp³-hybridized carbons (Fsp3) is 0.394. The number of nitrogens with zero attached hydrogens (tertiary/aromatic N) is 2. The monoisotopic (exact) mass is 662 g/mol. The number of carbonyl (C=O) groups is 1. The van der Waals surface area contributed by atoms with Gasteiger partial charge in [0.2, 0.25) is 0 Å². The predicted octanol–water partition coefficient (Wildman–Crippen LogP) is 5.11. The van der Waals surface area contributed by atoms with Gasteiger partial charge >= 0.3 is 5.97 Å². The van der Waals surface area contributed by atoms with Gasteiger partial charge < -0.3 is 35.2 Å². The van der Waals surface area contributed by atoms with E-state index in [1.54, 1.807) is 47.7 Å². The standard InChI is InChI=1S/C33H34N4O7S2/c1-16-10-22(38)28-24(41-16)14-23-19(29(28)39)13-26-32(2,43-23)7-9-45-46-15-20-18(6-8-36-30(20)35)21-11-17(12-27(34)37-21)4-5-25-33(3,44-25)31(40)42-26/h6,8,10-12,14,25-26,39H,4-5,7,9,13,15H2,1-3H3,(H2,34,37)(H2,35,36)/t25-,26-,32-,33-/m0/s1. The second-order valence-electron chi connectivity index (χ2n) is 12.4. The Morgan fingerprint density at radius 1 is 1.07 bits per heavy atom. The van der Waals surface area contributed by atoms with Crippen molar-refractivity contribution in [1.29, 1.82) is 0 Å². The summed E-state index contributed by atoms with van der Waals surface area (Å²) >= 11 is 0. The molecule has 1 fully saturated rings. The van der Waals surface area contributed by atoms with Crippen LogP contribution in [0.4, 0.5) is 11.6 Å². The fourth-order valence-corrected chi connectivity index (χ4v) is 8.66. The van der Waals surface area contributed by atoms with E-state index in [9.17, 15) is 14.7 Å². The Balaban J connectivity index is 1.23. The molecule has 4 atom stereocenters. The molecule has 0 aliphatic carbocycles. The van der Waals surface area contributed by atoms with E-state index in [0.29, 0.717) is 59.5 Å². The predicted molar refractivity (Wildman–Crippen MR) is 178 cm³/mol. The molecule has 11 nitrogen and oxygen atoms in total. The summed E-state index contributed by atoms with van der Waals surface area (Å²) < 4.78 is 24.5. The third-order valence-electron chi connectivity index (χ3n) is 9.13. The van der Waals surface area contributed by atoms with Crippen LogP contribution in [0.2, 0.25) is 0 Å². The van der Waals surface area contributed by atoms with Gasteiger partial charge in [0.15, 0.2) is 11.0 Å². The number of hydrogen-bond donors (Lipinski definition) is 3. The van der Waals surface area contributed by atoms with E-state index in [-0.39, 0.29) is 34.7 Å². The minimum Gasteiger partial charge on any atom is -0.507 e. The van der Waals surface area contributed by atoms with Gasteiger partial charge in [0.05, 0.1) is 11.8 Å². The molecule has 1 saturated heterocycles. The highest BCUT2D eigenvalue weighted by molar-refractivity contribution is 8.76. The van der Waals surface area contributed by atoms with Gasteiger partial charge in [-0.1, -0.05) is 21.6 Å². The van der Waals surface area contributed by atoms with Gasteiger partial charge in [0.1, 0.15) is 51.6 Å². The molecule has 0 radical (unpaired) electrons. The average Bonchev–Trinajstić information content (AvgIpc) is 3.67. The molecule has 0 saturated carbocycles. The molecule has 0 amide bonds. The summed E-state index contributed by atoms with van der Waals surface area (Å²) in [7, 11) is 3.26. The lowest BCUT2D eigenvalue weighted by molar-refractivity contribution is -0.168. The number of esters is 1. The molecule has 1 aromatic carbocycles. The van der Waals surface area contributed by atoms with Gasteiger partial charge in [-0.3, -0.25) is 4.79 Å². The van der Waals surface area contributed by atoms with Gasteiger partial charge in [0, 0.05) is 59.4 Å². The zero-order valence-corrected chi connectivity index (χ0v) is 27.3. The number of nitrogen functional groups attached to an aromatic ring is 2. The fourth-order valence-electron chi connectivity index (χ4n) is 6.34. The highest BCUT2D eigenvalue weighted by Gasteiger charge is 2.60. The number of nitrogens with two attached hydrogens (primary N) is 2. The van der Waals surface area contributed by atoms with E-state index in [1.165, 1.54) is 6.07 Å². The van der Waals surface area contributed by atoms with Crippen LogP contribution >= 0.6 is 21.6 Å². The van der Waals surface area contributed by atoms with Gasteiger partial charge in [-0.15, -0.1) is 0 Å². The molecular formula is C33H34N4O7S2. The van der Waals surface area contributed by atoms with E-state index < -0.39 is 23.3 Å². The van der Waals surface area contributed by atoms with Gasteiger partial charge in [0.25, 0.3) is 0 Å². The quantitative estimate of drug-likeness (QED) is 0.129. The van der Waals surface area contributed by atoms with E-state index in [1.807, 2.05) is 25.1 Å². The first-order valence-electron chi connectivity index (χ1n) is 15.1. The molecule has 2 bridgehead atoms. The zero-order valence-electron chi connectivity index (χ0n) is 25.6. The Kier molecular flexibility index (Phi) is 7.60. The molecule has 46 heavy (non-hydrogen) atoms. The SMILES string of the molecule is Cc1cc(=O)c2c(O)c3c(cc2o1)O[C@@]1(C)CCSSCc2c(ccnc2N)-c2cc(cc(N)n2)CC[C@@H]2O[C@]2(C)C(=O)O[C@H]1C3. The summed E-state index contributed by atoms with van der Waals surface area (Å²) in [4.78, 5) is 35.4. The van der Waals surface area contributed by atoms with Crippen molar-refractivity contribution in [2.45, 2.75) is 75.6 Å². The number of fused-ring (bicyclic) bond motifs is 8. The van der Waals surface area contributed by atoms with Crippen LogP contribution in [-0.2, 0) is 32.9 Å². The van der Waals surface area contributed by atoms with Gasteiger partial charge in [-0.25, -0.2) is 14.8 Å². The third kappa shape index (κ3) is 5.43. The van der Waals surface area contributed by atoms with Crippen LogP contribution in [0.1, 0.15) is 49.1 Å². The first kappa shape index (κ1) is 30.7. The van der Waals surface area contributed by atoms with E-state index in [4.69, 9.17) is 30.1 Å². The van der Waals surface area contributed by atoms with Crippen molar-refractivity contribution in [3.05, 3.63) is 69.2 Å². The maximum absolute atomic E-state index is 13.7. The number of hydrogen-bond acceptors (Lipinski definition) is 13. The number of aromatic nitrogens is 2.